The van der Waals surface area contributed by atoms with Gasteiger partial charge in [-0.25, -0.2) is 24.3 Å². The molecular formula is C21H18FN7O. The van der Waals surface area contributed by atoms with Crippen LogP contribution in [0.4, 0.5) is 16.0 Å². The van der Waals surface area contributed by atoms with Gasteiger partial charge in [-0.15, -0.1) is 0 Å². The molecule has 0 saturated carbocycles. The standard InChI is InChI=1S/C21H18FN7O/c1-21(2)15-16(23)26-17(27-18(15)28-20(21)30)14-10-29-8-7-24-19(29)13(25-14)9-11-5-3-4-6-12(11)22/h3-8,10H,9H2,1-2H3,(H3,23,26,27,28,30). The van der Waals surface area contributed by atoms with E-state index >= 15 is 0 Å². The second kappa shape index (κ2) is 6.31. The van der Waals surface area contributed by atoms with Crippen molar-refractivity contribution in [2.75, 3.05) is 11.1 Å². The highest BCUT2D eigenvalue weighted by Crippen LogP contribution is 2.40. The van der Waals surface area contributed by atoms with Crippen molar-refractivity contribution in [2.24, 2.45) is 0 Å². The maximum Gasteiger partial charge on any atom is 0.235 e. The van der Waals surface area contributed by atoms with Gasteiger partial charge < -0.3 is 15.5 Å². The molecule has 0 saturated heterocycles. The van der Waals surface area contributed by atoms with Crippen molar-refractivity contribution >= 4 is 23.2 Å². The van der Waals surface area contributed by atoms with Gasteiger partial charge in [-0.2, -0.15) is 0 Å². The van der Waals surface area contributed by atoms with E-state index in [9.17, 15) is 9.18 Å². The smallest absolute Gasteiger partial charge is 0.235 e. The number of anilines is 2. The lowest BCUT2D eigenvalue weighted by Gasteiger charge is -2.16. The van der Waals surface area contributed by atoms with Crippen LogP contribution in [0.25, 0.3) is 17.2 Å². The van der Waals surface area contributed by atoms with Gasteiger partial charge in [0.1, 0.15) is 23.1 Å². The van der Waals surface area contributed by atoms with E-state index in [0.717, 1.165) is 0 Å². The maximum absolute atomic E-state index is 14.2. The molecule has 150 valence electrons. The highest BCUT2D eigenvalue weighted by atomic mass is 19.1. The topological polar surface area (TPSA) is 111 Å². The van der Waals surface area contributed by atoms with E-state index in [4.69, 9.17) is 5.73 Å². The van der Waals surface area contributed by atoms with Crippen molar-refractivity contribution in [2.45, 2.75) is 25.7 Å². The fourth-order valence-corrected chi connectivity index (χ4v) is 3.72. The van der Waals surface area contributed by atoms with Gasteiger partial charge >= 0.3 is 0 Å². The van der Waals surface area contributed by atoms with E-state index < -0.39 is 5.41 Å². The molecule has 0 bridgehead atoms. The third-order valence-corrected chi connectivity index (χ3v) is 5.35. The summed E-state index contributed by atoms with van der Waals surface area (Å²) in [6.07, 6.45) is 5.40. The van der Waals surface area contributed by atoms with Crippen LogP contribution >= 0.6 is 0 Å². The summed E-state index contributed by atoms with van der Waals surface area (Å²) in [5.41, 5.74) is 8.10. The average Bonchev–Trinajstić information content (AvgIpc) is 3.26. The first-order valence-electron chi connectivity index (χ1n) is 9.40. The molecule has 4 heterocycles. The number of benzene rings is 1. The number of nitrogen functional groups attached to an aromatic ring is 1. The molecule has 0 spiro atoms. The number of carbonyl (C=O) groups excluding carboxylic acids is 1. The Hall–Kier alpha value is -3.88. The second-order valence-electron chi connectivity index (χ2n) is 7.73. The molecule has 8 nitrogen and oxygen atoms in total. The largest absolute Gasteiger partial charge is 0.383 e. The Morgan fingerprint density at radius 3 is 2.80 bits per heavy atom. The van der Waals surface area contributed by atoms with Crippen molar-refractivity contribution in [3.63, 3.8) is 0 Å². The Labute approximate surface area is 171 Å². The van der Waals surface area contributed by atoms with Gasteiger partial charge in [0, 0.05) is 25.0 Å². The van der Waals surface area contributed by atoms with Crippen LogP contribution in [0.1, 0.15) is 30.7 Å². The number of nitrogens with zero attached hydrogens (tertiary/aromatic N) is 5. The molecular weight excluding hydrogens is 385 g/mol. The number of halogens is 1. The van der Waals surface area contributed by atoms with Crippen LogP contribution < -0.4 is 11.1 Å². The number of hydrogen-bond acceptors (Lipinski definition) is 6. The highest BCUT2D eigenvalue weighted by molar-refractivity contribution is 6.06. The Balaban J connectivity index is 1.65. The number of nitrogens with one attached hydrogen (secondary N) is 1. The van der Waals surface area contributed by atoms with E-state index in [1.54, 1.807) is 55.0 Å². The second-order valence-corrected chi connectivity index (χ2v) is 7.73. The van der Waals surface area contributed by atoms with E-state index in [1.807, 2.05) is 0 Å². The van der Waals surface area contributed by atoms with Crippen LogP contribution in [-0.4, -0.2) is 30.2 Å². The van der Waals surface area contributed by atoms with Gasteiger partial charge in [-0.1, -0.05) is 18.2 Å². The summed E-state index contributed by atoms with van der Waals surface area (Å²) in [4.78, 5) is 30.2. The molecule has 1 aliphatic heterocycles. The Bertz CT molecular complexity index is 1330. The van der Waals surface area contributed by atoms with Crippen LogP contribution in [-0.2, 0) is 16.6 Å². The molecule has 1 amide bonds. The Morgan fingerprint density at radius 1 is 1.20 bits per heavy atom. The van der Waals surface area contributed by atoms with Gasteiger partial charge in [0.15, 0.2) is 11.5 Å². The summed E-state index contributed by atoms with van der Waals surface area (Å²) in [5, 5.41) is 2.77. The molecule has 0 radical (unpaired) electrons. The number of amides is 1. The lowest BCUT2D eigenvalue weighted by molar-refractivity contribution is -0.119. The summed E-state index contributed by atoms with van der Waals surface area (Å²) in [7, 11) is 0. The highest BCUT2D eigenvalue weighted by Gasteiger charge is 2.42. The molecule has 1 aliphatic rings. The van der Waals surface area contributed by atoms with Gasteiger partial charge in [0.05, 0.1) is 16.7 Å². The van der Waals surface area contributed by atoms with E-state index in [0.29, 0.717) is 34.0 Å². The molecule has 0 aliphatic carbocycles. The Kier molecular flexibility index (Phi) is 3.82. The Morgan fingerprint density at radius 2 is 2.00 bits per heavy atom. The zero-order valence-corrected chi connectivity index (χ0v) is 16.3. The minimum Gasteiger partial charge on any atom is -0.383 e. The zero-order valence-electron chi connectivity index (χ0n) is 16.3. The number of carbonyl (C=O) groups is 1. The number of imidazole rings is 1. The molecule has 3 aromatic heterocycles. The fraction of sp³-hybridized carbons (Fsp3) is 0.190. The SMILES string of the molecule is CC1(C)C(=O)Nc2nc(-c3cn4ccnc4c(Cc4ccccc4F)n3)nc(N)c21. The molecule has 30 heavy (non-hydrogen) atoms. The van der Waals surface area contributed by atoms with Crippen LogP contribution in [0, 0.1) is 5.82 Å². The summed E-state index contributed by atoms with van der Waals surface area (Å²) >= 11 is 0. The number of nitrogens with two attached hydrogens (primary N) is 1. The third-order valence-electron chi connectivity index (χ3n) is 5.35. The van der Waals surface area contributed by atoms with Crippen LogP contribution in [0.2, 0.25) is 0 Å². The fourth-order valence-electron chi connectivity index (χ4n) is 3.72. The number of rotatable bonds is 3. The minimum atomic E-state index is -0.810. The predicted octanol–water partition coefficient (Wildman–Crippen LogP) is 2.73. The summed E-state index contributed by atoms with van der Waals surface area (Å²) < 4.78 is 16.0. The first-order valence-corrected chi connectivity index (χ1v) is 9.40. The molecule has 0 fully saturated rings. The quantitative estimate of drug-likeness (QED) is 0.544. The van der Waals surface area contributed by atoms with E-state index in [2.05, 4.69) is 25.3 Å². The summed E-state index contributed by atoms with van der Waals surface area (Å²) in [5.74, 6) is 0.387. The van der Waals surface area contributed by atoms with Gasteiger partial charge in [-0.05, 0) is 25.5 Å². The normalized spacial score (nSPS) is 14.7. The number of fused-ring (bicyclic) bond motifs is 2. The lowest BCUT2D eigenvalue weighted by Crippen LogP contribution is -2.27. The molecule has 0 unspecified atom stereocenters. The van der Waals surface area contributed by atoms with E-state index in [1.165, 1.54) is 6.07 Å². The maximum atomic E-state index is 14.2. The monoisotopic (exact) mass is 403 g/mol. The van der Waals surface area contributed by atoms with E-state index in [-0.39, 0.29) is 29.8 Å². The van der Waals surface area contributed by atoms with Crippen molar-refractivity contribution in [3.8, 4) is 11.5 Å². The van der Waals surface area contributed by atoms with Gasteiger partial charge in [0.25, 0.3) is 0 Å². The van der Waals surface area contributed by atoms with Crippen molar-refractivity contribution in [3.05, 3.63) is 65.5 Å². The number of aromatic nitrogens is 5. The summed E-state index contributed by atoms with van der Waals surface area (Å²) in [6.45, 7) is 3.55. The van der Waals surface area contributed by atoms with Gasteiger partial charge in [-0.3, -0.25) is 4.79 Å². The van der Waals surface area contributed by atoms with Crippen molar-refractivity contribution < 1.29 is 9.18 Å². The molecule has 9 heteroatoms. The summed E-state index contributed by atoms with van der Waals surface area (Å²) in [6, 6.07) is 6.55. The molecule has 0 atom stereocenters. The van der Waals surface area contributed by atoms with Gasteiger partial charge in [0.2, 0.25) is 5.91 Å². The molecule has 5 rings (SSSR count). The lowest BCUT2D eigenvalue weighted by atomic mass is 9.87. The van der Waals surface area contributed by atoms with Crippen molar-refractivity contribution in [1.29, 1.82) is 0 Å². The predicted molar refractivity (Wildman–Crippen MR) is 109 cm³/mol. The van der Waals surface area contributed by atoms with Crippen molar-refractivity contribution in [1.82, 2.24) is 24.3 Å². The zero-order chi connectivity index (χ0) is 21.0. The number of hydrogen-bond donors (Lipinski definition) is 2. The van der Waals surface area contributed by atoms with Crippen LogP contribution in [0.3, 0.4) is 0 Å². The molecule has 1 aromatic carbocycles. The average molecular weight is 403 g/mol. The first kappa shape index (κ1) is 18.2. The minimum absolute atomic E-state index is 0.186. The third kappa shape index (κ3) is 2.70. The van der Waals surface area contributed by atoms with Crippen LogP contribution in [0.15, 0.2) is 42.9 Å². The molecule has 3 N–H and O–H groups in total. The van der Waals surface area contributed by atoms with Crippen LogP contribution in [0.5, 0.6) is 0 Å². The first-order chi connectivity index (χ1) is 14.3. The molecule has 4 aromatic rings.